The smallest absolute Gasteiger partial charge is 0.408 e. The SMILES string of the molecule is CC(C)(C)OC(=O)NC1(C(=O)O)CCN(CCCCCO)C1. The number of ether oxygens (including phenoxy) is 1. The highest BCUT2D eigenvalue weighted by atomic mass is 16.6. The van der Waals surface area contributed by atoms with Crippen molar-refractivity contribution in [2.24, 2.45) is 0 Å². The standard InChI is InChI=1S/C15H28N2O5/c1-14(2,3)22-13(21)16-15(12(19)20)7-9-17(11-15)8-5-4-6-10-18/h18H,4-11H2,1-3H3,(H,16,21)(H,19,20). The summed E-state index contributed by atoms with van der Waals surface area (Å²) in [5.41, 5.74) is -1.94. The number of carboxylic acids is 1. The van der Waals surface area contributed by atoms with E-state index in [9.17, 15) is 14.7 Å². The Morgan fingerprint density at radius 3 is 2.50 bits per heavy atom. The fraction of sp³-hybridized carbons (Fsp3) is 0.867. The summed E-state index contributed by atoms with van der Waals surface area (Å²) >= 11 is 0. The van der Waals surface area contributed by atoms with Crippen LogP contribution in [0.25, 0.3) is 0 Å². The highest BCUT2D eigenvalue weighted by molar-refractivity contribution is 5.85. The van der Waals surface area contributed by atoms with Crippen LogP contribution >= 0.6 is 0 Å². The summed E-state index contributed by atoms with van der Waals surface area (Å²) in [4.78, 5) is 25.5. The minimum absolute atomic E-state index is 0.180. The molecule has 1 fully saturated rings. The first-order valence-corrected chi connectivity index (χ1v) is 7.76. The average Bonchev–Trinajstić information content (AvgIpc) is 2.77. The second-order valence-electron chi connectivity index (χ2n) is 6.82. The summed E-state index contributed by atoms with van der Waals surface area (Å²) in [5.74, 6) is -1.03. The summed E-state index contributed by atoms with van der Waals surface area (Å²) in [7, 11) is 0. The molecule has 0 saturated carbocycles. The molecule has 128 valence electrons. The number of hydrogen-bond acceptors (Lipinski definition) is 5. The maximum absolute atomic E-state index is 11.9. The molecule has 1 amide bonds. The number of carboxylic acid groups (broad SMARTS) is 1. The Labute approximate surface area is 131 Å². The van der Waals surface area contributed by atoms with Gasteiger partial charge in [0.05, 0.1) is 0 Å². The van der Waals surface area contributed by atoms with Gasteiger partial charge in [-0.05, 0) is 53.0 Å². The predicted octanol–water partition coefficient (Wildman–Crippen LogP) is 1.20. The number of aliphatic hydroxyl groups excluding tert-OH is 1. The molecule has 1 saturated heterocycles. The molecule has 0 aromatic heterocycles. The number of amides is 1. The first-order chi connectivity index (χ1) is 10.2. The van der Waals surface area contributed by atoms with Crippen LogP contribution in [0, 0.1) is 0 Å². The molecule has 0 spiro atoms. The van der Waals surface area contributed by atoms with E-state index in [1.807, 2.05) is 4.90 Å². The van der Waals surface area contributed by atoms with E-state index in [2.05, 4.69) is 5.32 Å². The van der Waals surface area contributed by atoms with E-state index in [4.69, 9.17) is 9.84 Å². The van der Waals surface area contributed by atoms with Crippen LogP contribution in [0.3, 0.4) is 0 Å². The maximum Gasteiger partial charge on any atom is 0.408 e. The normalized spacial score (nSPS) is 22.5. The van der Waals surface area contributed by atoms with Gasteiger partial charge in [-0.3, -0.25) is 0 Å². The average molecular weight is 316 g/mol. The van der Waals surface area contributed by atoms with Gasteiger partial charge in [-0.25, -0.2) is 9.59 Å². The van der Waals surface area contributed by atoms with Gasteiger partial charge in [0.2, 0.25) is 0 Å². The topological polar surface area (TPSA) is 99.1 Å². The van der Waals surface area contributed by atoms with Crippen LogP contribution in [0.4, 0.5) is 4.79 Å². The van der Waals surface area contributed by atoms with Crippen molar-refractivity contribution in [2.75, 3.05) is 26.2 Å². The van der Waals surface area contributed by atoms with E-state index in [0.29, 0.717) is 13.0 Å². The molecule has 1 aliphatic heterocycles. The largest absolute Gasteiger partial charge is 0.479 e. The molecular weight excluding hydrogens is 288 g/mol. The lowest BCUT2D eigenvalue weighted by Crippen LogP contribution is -2.57. The lowest BCUT2D eigenvalue weighted by atomic mass is 9.99. The van der Waals surface area contributed by atoms with Crippen molar-refractivity contribution in [1.82, 2.24) is 10.2 Å². The third-order valence-corrected chi connectivity index (χ3v) is 3.63. The molecular formula is C15H28N2O5. The Hall–Kier alpha value is -1.34. The molecule has 0 aromatic rings. The number of rotatable bonds is 7. The molecule has 0 aromatic carbocycles. The van der Waals surface area contributed by atoms with E-state index in [-0.39, 0.29) is 13.2 Å². The molecule has 7 heteroatoms. The van der Waals surface area contributed by atoms with Crippen LogP contribution in [0.1, 0.15) is 46.5 Å². The number of carbonyl (C=O) groups is 2. The van der Waals surface area contributed by atoms with Crippen molar-refractivity contribution in [1.29, 1.82) is 0 Å². The number of aliphatic carboxylic acids is 1. The summed E-state index contributed by atoms with van der Waals surface area (Å²) in [6.45, 7) is 7.07. The van der Waals surface area contributed by atoms with Gasteiger partial charge in [0.15, 0.2) is 5.54 Å². The van der Waals surface area contributed by atoms with E-state index >= 15 is 0 Å². The zero-order chi connectivity index (χ0) is 16.8. The van der Waals surface area contributed by atoms with Gasteiger partial charge in [-0.2, -0.15) is 0 Å². The molecule has 1 unspecified atom stereocenters. The quantitative estimate of drug-likeness (QED) is 0.610. The number of aliphatic hydroxyl groups is 1. The minimum Gasteiger partial charge on any atom is -0.479 e. The molecule has 0 bridgehead atoms. The molecule has 1 atom stereocenters. The third-order valence-electron chi connectivity index (χ3n) is 3.63. The van der Waals surface area contributed by atoms with Crippen LogP contribution in [-0.2, 0) is 9.53 Å². The summed E-state index contributed by atoms with van der Waals surface area (Å²) in [5, 5.41) is 20.8. The Morgan fingerprint density at radius 1 is 1.27 bits per heavy atom. The number of nitrogens with one attached hydrogen (secondary N) is 1. The zero-order valence-corrected chi connectivity index (χ0v) is 13.7. The monoisotopic (exact) mass is 316 g/mol. The number of unbranched alkanes of at least 4 members (excludes halogenated alkanes) is 2. The van der Waals surface area contributed by atoms with Crippen molar-refractivity contribution in [3.63, 3.8) is 0 Å². The highest BCUT2D eigenvalue weighted by Gasteiger charge is 2.46. The van der Waals surface area contributed by atoms with Crippen molar-refractivity contribution in [3.8, 4) is 0 Å². The van der Waals surface area contributed by atoms with Crippen molar-refractivity contribution in [2.45, 2.75) is 57.6 Å². The second kappa shape index (κ2) is 7.78. The van der Waals surface area contributed by atoms with Crippen LogP contribution < -0.4 is 5.32 Å². The lowest BCUT2D eigenvalue weighted by molar-refractivity contribution is -0.144. The number of carbonyl (C=O) groups excluding carboxylic acids is 1. The van der Waals surface area contributed by atoms with Gasteiger partial charge in [0.25, 0.3) is 0 Å². The van der Waals surface area contributed by atoms with Crippen LogP contribution in [0.5, 0.6) is 0 Å². The molecule has 1 heterocycles. The third kappa shape index (κ3) is 5.81. The first kappa shape index (κ1) is 18.7. The summed E-state index contributed by atoms with van der Waals surface area (Å²) < 4.78 is 5.16. The van der Waals surface area contributed by atoms with E-state index < -0.39 is 23.2 Å². The van der Waals surface area contributed by atoms with Gasteiger partial charge in [-0.15, -0.1) is 0 Å². The minimum atomic E-state index is -1.28. The van der Waals surface area contributed by atoms with Gasteiger partial charge >= 0.3 is 12.1 Å². The van der Waals surface area contributed by atoms with Gasteiger partial charge in [0.1, 0.15) is 5.60 Å². The summed E-state index contributed by atoms with van der Waals surface area (Å²) in [6.07, 6.45) is 2.24. The fourth-order valence-corrected chi connectivity index (χ4v) is 2.53. The Morgan fingerprint density at radius 2 is 1.95 bits per heavy atom. The van der Waals surface area contributed by atoms with Crippen molar-refractivity contribution in [3.05, 3.63) is 0 Å². The highest BCUT2D eigenvalue weighted by Crippen LogP contribution is 2.23. The van der Waals surface area contributed by atoms with E-state index in [0.717, 1.165) is 25.8 Å². The van der Waals surface area contributed by atoms with Crippen LogP contribution in [-0.4, -0.2) is 64.6 Å². The van der Waals surface area contributed by atoms with Crippen molar-refractivity contribution >= 4 is 12.1 Å². The van der Waals surface area contributed by atoms with Gasteiger partial charge in [-0.1, -0.05) is 0 Å². The first-order valence-electron chi connectivity index (χ1n) is 7.76. The molecule has 1 rings (SSSR count). The molecule has 0 aliphatic carbocycles. The van der Waals surface area contributed by atoms with Crippen LogP contribution in [0.2, 0.25) is 0 Å². The van der Waals surface area contributed by atoms with Gasteiger partial charge in [0, 0.05) is 19.7 Å². The Balaban J connectivity index is 2.55. The number of hydrogen-bond donors (Lipinski definition) is 3. The lowest BCUT2D eigenvalue weighted by Gasteiger charge is -2.28. The zero-order valence-electron chi connectivity index (χ0n) is 13.7. The van der Waals surface area contributed by atoms with Crippen LogP contribution in [0.15, 0.2) is 0 Å². The Kier molecular flexibility index (Phi) is 6.62. The maximum atomic E-state index is 11.9. The fourth-order valence-electron chi connectivity index (χ4n) is 2.53. The molecule has 1 aliphatic rings. The van der Waals surface area contributed by atoms with E-state index in [1.54, 1.807) is 20.8 Å². The molecule has 3 N–H and O–H groups in total. The molecule has 0 radical (unpaired) electrons. The predicted molar refractivity (Wildman–Crippen MR) is 81.7 cm³/mol. The number of alkyl carbamates (subject to hydrolysis) is 1. The number of nitrogens with zero attached hydrogens (tertiary/aromatic N) is 1. The van der Waals surface area contributed by atoms with Gasteiger partial charge < -0.3 is 25.2 Å². The molecule has 7 nitrogen and oxygen atoms in total. The molecule has 22 heavy (non-hydrogen) atoms. The van der Waals surface area contributed by atoms with E-state index in [1.165, 1.54) is 0 Å². The summed E-state index contributed by atoms with van der Waals surface area (Å²) in [6, 6.07) is 0. The van der Waals surface area contributed by atoms with Crippen molar-refractivity contribution < 1.29 is 24.5 Å². The Bertz CT molecular complexity index is 394. The number of likely N-dealkylation sites (tertiary alicyclic amines) is 1. The second-order valence-corrected chi connectivity index (χ2v) is 6.82.